The predicted molar refractivity (Wildman–Crippen MR) is 71.7 cm³/mol. The van der Waals surface area contributed by atoms with Gasteiger partial charge in [0.2, 0.25) is 0 Å². The van der Waals surface area contributed by atoms with Crippen LogP contribution >= 0.6 is 0 Å². The third kappa shape index (κ3) is 2.09. The molecule has 0 aliphatic carbocycles. The Balaban J connectivity index is 2.01. The highest BCUT2D eigenvalue weighted by atomic mass is 16.5. The molecular formula is C13H16N4O3. The first-order chi connectivity index (χ1) is 9.68. The number of hydrogen-bond donors (Lipinski definition) is 1. The van der Waals surface area contributed by atoms with Crippen LogP contribution in [0.5, 0.6) is 0 Å². The van der Waals surface area contributed by atoms with Crippen LogP contribution in [0.15, 0.2) is 23.1 Å². The highest BCUT2D eigenvalue weighted by molar-refractivity contribution is 5.99. The standard InChI is InChI=1S/C13H16N4O3/c1-9-4-7-20-8-6-16(9)12(18)10-3-2-5-17-11(10)14-15-13(17)19/h2-3,5,9H,4,6-8H2,1H3,(H,15,19). The third-order valence-electron chi connectivity index (χ3n) is 3.62. The van der Waals surface area contributed by atoms with Gasteiger partial charge in [-0.1, -0.05) is 0 Å². The van der Waals surface area contributed by atoms with E-state index in [2.05, 4.69) is 10.2 Å². The largest absolute Gasteiger partial charge is 0.380 e. The third-order valence-corrected chi connectivity index (χ3v) is 3.62. The molecule has 0 bridgehead atoms. The van der Waals surface area contributed by atoms with Gasteiger partial charge >= 0.3 is 5.69 Å². The van der Waals surface area contributed by atoms with Gasteiger partial charge in [-0.15, -0.1) is 0 Å². The number of aromatic amines is 1. The van der Waals surface area contributed by atoms with Crippen LogP contribution in [0, 0.1) is 0 Å². The minimum absolute atomic E-state index is 0.107. The number of nitrogens with one attached hydrogen (secondary N) is 1. The number of H-pyrrole nitrogens is 1. The van der Waals surface area contributed by atoms with Crippen molar-refractivity contribution in [3.05, 3.63) is 34.4 Å². The molecule has 0 spiro atoms. The highest BCUT2D eigenvalue weighted by Gasteiger charge is 2.25. The fraction of sp³-hybridized carbons (Fsp3) is 0.462. The molecule has 2 aromatic rings. The number of hydrogen-bond acceptors (Lipinski definition) is 4. The van der Waals surface area contributed by atoms with Gasteiger partial charge in [0, 0.05) is 25.4 Å². The number of ether oxygens (including phenoxy) is 1. The summed E-state index contributed by atoms with van der Waals surface area (Å²) < 4.78 is 6.74. The van der Waals surface area contributed by atoms with Gasteiger partial charge in [0.25, 0.3) is 5.91 Å². The van der Waals surface area contributed by atoms with Gasteiger partial charge in [0.05, 0.1) is 12.2 Å². The summed E-state index contributed by atoms with van der Waals surface area (Å²) in [5.74, 6) is -0.118. The smallest absolute Gasteiger partial charge is 0.347 e. The normalized spacial score (nSPS) is 20.1. The second kappa shape index (κ2) is 5.09. The van der Waals surface area contributed by atoms with Gasteiger partial charge < -0.3 is 9.64 Å². The topological polar surface area (TPSA) is 79.7 Å². The predicted octanol–water partition coefficient (Wildman–Crippen LogP) is 0.274. The lowest BCUT2D eigenvalue weighted by molar-refractivity contribution is 0.0688. The Morgan fingerprint density at radius 1 is 1.50 bits per heavy atom. The number of aromatic nitrogens is 3. The first-order valence-corrected chi connectivity index (χ1v) is 6.63. The molecule has 7 heteroatoms. The monoisotopic (exact) mass is 276 g/mol. The molecule has 1 saturated heterocycles. The van der Waals surface area contributed by atoms with Crippen LogP contribution < -0.4 is 5.69 Å². The Morgan fingerprint density at radius 3 is 3.20 bits per heavy atom. The minimum atomic E-state index is -0.345. The summed E-state index contributed by atoms with van der Waals surface area (Å²) in [5.41, 5.74) is 0.446. The summed E-state index contributed by atoms with van der Waals surface area (Å²) in [6, 6.07) is 3.47. The zero-order valence-corrected chi connectivity index (χ0v) is 11.2. The summed E-state index contributed by atoms with van der Waals surface area (Å²) in [6.07, 6.45) is 2.40. The molecule has 1 N–H and O–H groups in total. The van der Waals surface area contributed by atoms with E-state index in [0.717, 1.165) is 6.42 Å². The molecule has 3 heterocycles. The number of pyridine rings is 1. The highest BCUT2D eigenvalue weighted by Crippen LogP contribution is 2.15. The molecule has 1 unspecified atom stereocenters. The number of rotatable bonds is 1. The molecule has 20 heavy (non-hydrogen) atoms. The molecule has 7 nitrogen and oxygen atoms in total. The number of amides is 1. The fourth-order valence-corrected chi connectivity index (χ4v) is 2.45. The van der Waals surface area contributed by atoms with Crippen molar-refractivity contribution in [1.29, 1.82) is 0 Å². The van der Waals surface area contributed by atoms with Gasteiger partial charge in [-0.05, 0) is 25.5 Å². The van der Waals surface area contributed by atoms with E-state index in [4.69, 9.17) is 4.74 Å². The lowest BCUT2D eigenvalue weighted by atomic mass is 10.1. The molecule has 1 aliphatic heterocycles. The summed E-state index contributed by atoms with van der Waals surface area (Å²) >= 11 is 0. The van der Waals surface area contributed by atoms with Crippen LogP contribution in [-0.4, -0.2) is 51.2 Å². The Morgan fingerprint density at radius 2 is 2.35 bits per heavy atom. The zero-order chi connectivity index (χ0) is 14.1. The molecule has 106 valence electrons. The van der Waals surface area contributed by atoms with Crippen LogP contribution in [-0.2, 0) is 4.74 Å². The maximum Gasteiger partial charge on any atom is 0.347 e. The number of fused-ring (bicyclic) bond motifs is 1. The summed E-state index contributed by atoms with van der Waals surface area (Å²) in [5, 5.41) is 6.29. The van der Waals surface area contributed by atoms with Crippen molar-refractivity contribution in [3.63, 3.8) is 0 Å². The van der Waals surface area contributed by atoms with Crippen molar-refractivity contribution in [1.82, 2.24) is 19.5 Å². The Kier molecular flexibility index (Phi) is 3.27. The Bertz CT molecular complexity index is 690. The number of carbonyl (C=O) groups excluding carboxylic acids is 1. The van der Waals surface area contributed by atoms with Gasteiger partial charge in [0.15, 0.2) is 5.65 Å². The van der Waals surface area contributed by atoms with Crippen molar-refractivity contribution in [2.24, 2.45) is 0 Å². The average Bonchev–Trinajstić information content (AvgIpc) is 2.70. The van der Waals surface area contributed by atoms with E-state index < -0.39 is 0 Å². The van der Waals surface area contributed by atoms with E-state index >= 15 is 0 Å². The van der Waals surface area contributed by atoms with E-state index in [-0.39, 0.29) is 17.6 Å². The zero-order valence-electron chi connectivity index (χ0n) is 11.2. The van der Waals surface area contributed by atoms with Crippen LogP contribution in [0.25, 0.3) is 5.65 Å². The molecule has 2 aromatic heterocycles. The second-order valence-corrected chi connectivity index (χ2v) is 4.89. The fourth-order valence-electron chi connectivity index (χ4n) is 2.45. The van der Waals surface area contributed by atoms with Crippen LogP contribution in [0.3, 0.4) is 0 Å². The Hall–Kier alpha value is -2.15. The van der Waals surface area contributed by atoms with E-state index in [1.807, 2.05) is 6.92 Å². The maximum absolute atomic E-state index is 12.7. The van der Waals surface area contributed by atoms with E-state index in [9.17, 15) is 9.59 Å². The van der Waals surface area contributed by atoms with Crippen molar-refractivity contribution >= 4 is 11.6 Å². The SMILES string of the molecule is CC1CCOCCN1C(=O)c1cccn2c(=O)[nH]nc12. The van der Waals surface area contributed by atoms with Crippen LogP contribution in [0.1, 0.15) is 23.7 Å². The van der Waals surface area contributed by atoms with Gasteiger partial charge in [-0.25, -0.2) is 14.3 Å². The van der Waals surface area contributed by atoms with Gasteiger partial charge in [-0.2, -0.15) is 5.10 Å². The minimum Gasteiger partial charge on any atom is -0.380 e. The molecule has 0 saturated carbocycles. The lowest BCUT2D eigenvalue weighted by Gasteiger charge is -2.26. The first-order valence-electron chi connectivity index (χ1n) is 6.63. The van der Waals surface area contributed by atoms with Crippen molar-refractivity contribution in [2.75, 3.05) is 19.8 Å². The summed E-state index contributed by atoms with van der Waals surface area (Å²) in [4.78, 5) is 26.0. The van der Waals surface area contributed by atoms with Gasteiger partial charge in [-0.3, -0.25) is 4.79 Å². The first kappa shape index (κ1) is 12.9. The van der Waals surface area contributed by atoms with Crippen molar-refractivity contribution in [3.8, 4) is 0 Å². The van der Waals surface area contributed by atoms with Crippen LogP contribution in [0.2, 0.25) is 0 Å². The molecule has 1 atom stereocenters. The molecular weight excluding hydrogens is 260 g/mol. The summed E-state index contributed by atoms with van der Waals surface area (Å²) in [6.45, 7) is 3.75. The number of carbonyl (C=O) groups is 1. The molecule has 1 fully saturated rings. The van der Waals surface area contributed by atoms with E-state index in [1.54, 1.807) is 23.2 Å². The maximum atomic E-state index is 12.7. The molecule has 1 amide bonds. The molecule has 3 rings (SSSR count). The second-order valence-electron chi connectivity index (χ2n) is 4.89. The van der Waals surface area contributed by atoms with Crippen LogP contribution in [0.4, 0.5) is 0 Å². The number of nitrogens with zero attached hydrogens (tertiary/aromatic N) is 3. The molecule has 1 aliphatic rings. The quantitative estimate of drug-likeness (QED) is 0.811. The van der Waals surface area contributed by atoms with Gasteiger partial charge in [0.1, 0.15) is 0 Å². The molecule has 0 radical (unpaired) electrons. The van der Waals surface area contributed by atoms with E-state index in [0.29, 0.717) is 31.0 Å². The van der Waals surface area contributed by atoms with Crippen molar-refractivity contribution < 1.29 is 9.53 Å². The lowest BCUT2D eigenvalue weighted by Crippen LogP contribution is -2.39. The Labute approximate surface area is 115 Å². The van der Waals surface area contributed by atoms with Crippen molar-refractivity contribution in [2.45, 2.75) is 19.4 Å². The summed E-state index contributed by atoms with van der Waals surface area (Å²) in [7, 11) is 0. The average molecular weight is 276 g/mol. The molecule has 0 aromatic carbocycles. The van der Waals surface area contributed by atoms with E-state index in [1.165, 1.54) is 4.40 Å².